The lowest BCUT2D eigenvalue weighted by atomic mass is 9.75. The normalized spacial score (nSPS) is 22.5. The van der Waals surface area contributed by atoms with Crippen molar-refractivity contribution >= 4 is 65.8 Å². The van der Waals surface area contributed by atoms with E-state index in [1.165, 1.54) is 6.42 Å². The number of amides is 2. The van der Waals surface area contributed by atoms with E-state index >= 15 is 0 Å². The maximum absolute atomic E-state index is 13.5. The number of imide groups is 1. The number of ether oxygens (including phenoxy) is 1. The first-order chi connectivity index (χ1) is 17.8. The van der Waals surface area contributed by atoms with Crippen LogP contribution >= 0.6 is 22.7 Å². The molecule has 4 nitrogen and oxygen atoms in total. The molecule has 0 bridgehead atoms. The Morgan fingerprint density at radius 2 is 1.46 bits per heavy atom. The molecule has 1 N–H and O–H groups in total. The molecule has 4 aromatic rings. The molecule has 0 radical (unpaired) electrons. The van der Waals surface area contributed by atoms with Crippen molar-refractivity contribution in [2.24, 2.45) is 17.8 Å². The van der Waals surface area contributed by atoms with Crippen LogP contribution in [0.1, 0.15) is 56.0 Å². The number of hydrogen-bond acceptors (Lipinski definition) is 5. The van der Waals surface area contributed by atoms with Crippen LogP contribution in [0.5, 0.6) is 5.06 Å². The fourth-order valence-corrected chi connectivity index (χ4v) is 8.32. The van der Waals surface area contributed by atoms with Gasteiger partial charge in [-0.25, -0.2) is 0 Å². The molecule has 0 spiro atoms. The van der Waals surface area contributed by atoms with Crippen LogP contribution in [0.25, 0.3) is 31.3 Å². The second kappa shape index (κ2) is 9.41. The second-order valence-corrected chi connectivity index (χ2v) is 13.1. The number of benzene rings is 2. The van der Waals surface area contributed by atoms with Gasteiger partial charge in [0.05, 0.1) is 11.1 Å². The van der Waals surface area contributed by atoms with Crippen LogP contribution in [0.3, 0.4) is 0 Å². The maximum Gasteiger partial charge on any atom is 0.259 e. The van der Waals surface area contributed by atoms with E-state index in [0.717, 1.165) is 54.1 Å². The Kier molecular flexibility index (Phi) is 6.20. The lowest BCUT2D eigenvalue weighted by molar-refractivity contribution is -0.122. The Labute approximate surface area is 225 Å². The van der Waals surface area contributed by atoms with Crippen molar-refractivity contribution in [3.05, 3.63) is 64.5 Å². The van der Waals surface area contributed by atoms with Crippen LogP contribution in [0.2, 0.25) is 0 Å². The van der Waals surface area contributed by atoms with E-state index in [9.17, 15) is 9.59 Å². The van der Waals surface area contributed by atoms with Crippen molar-refractivity contribution in [2.75, 3.05) is 0 Å². The molecule has 3 atom stereocenters. The van der Waals surface area contributed by atoms with Crippen molar-refractivity contribution in [1.29, 1.82) is 0 Å². The fourth-order valence-electron chi connectivity index (χ4n) is 6.14. The first-order valence-corrected chi connectivity index (χ1v) is 14.7. The zero-order chi connectivity index (χ0) is 25.8. The Morgan fingerprint density at radius 3 is 2.14 bits per heavy atom. The Hall–Kier alpha value is -2.96. The van der Waals surface area contributed by atoms with E-state index in [1.807, 2.05) is 43.3 Å². The average molecular weight is 530 g/mol. The molecule has 2 aromatic carbocycles. The summed E-state index contributed by atoms with van der Waals surface area (Å²) in [5.74, 6) is 0.898. The van der Waals surface area contributed by atoms with E-state index in [4.69, 9.17) is 4.74 Å². The summed E-state index contributed by atoms with van der Waals surface area (Å²) in [6, 6.07) is 16.2. The van der Waals surface area contributed by atoms with E-state index in [0.29, 0.717) is 28.9 Å². The predicted molar refractivity (Wildman–Crippen MR) is 154 cm³/mol. The van der Waals surface area contributed by atoms with Crippen molar-refractivity contribution in [2.45, 2.75) is 53.1 Å². The number of thiophene rings is 2. The van der Waals surface area contributed by atoms with Gasteiger partial charge in [0.2, 0.25) is 0 Å². The van der Waals surface area contributed by atoms with E-state index < -0.39 is 0 Å². The summed E-state index contributed by atoms with van der Waals surface area (Å²) >= 11 is 3.24. The molecule has 1 saturated carbocycles. The molecule has 0 saturated heterocycles. The quantitative estimate of drug-likeness (QED) is 0.268. The average Bonchev–Trinajstić information content (AvgIpc) is 3.47. The van der Waals surface area contributed by atoms with Gasteiger partial charge in [0.25, 0.3) is 11.8 Å². The minimum atomic E-state index is -0.347. The first-order valence-electron chi connectivity index (χ1n) is 13.1. The zero-order valence-corrected chi connectivity index (χ0v) is 23.2. The highest BCUT2D eigenvalue weighted by Crippen LogP contribution is 2.49. The van der Waals surface area contributed by atoms with Gasteiger partial charge in [-0.3, -0.25) is 14.9 Å². The summed E-state index contributed by atoms with van der Waals surface area (Å²) in [4.78, 5) is 27.9. The topological polar surface area (TPSA) is 55.4 Å². The Bertz CT molecular complexity index is 1570. The Morgan fingerprint density at radius 1 is 0.865 bits per heavy atom. The van der Waals surface area contributed by atoms with Crippen LogP contribution in [-0.2, 0) is 9.59 Å². The number of aryl methyl sites for hydroxylation is 1. The molecule has 2 amide bonds. The molecule has 3 unspecified atom stereocenters. The molecule has 6 rings (SSSR count). The summed E-state index contributed by atoms with van der Waals surface area (Å²) in [6.45, 7) is 8.88. The maximum atomic E-state index is 13.5. The highest BCUT2D eigenvalue weighted by molar-refractivity contribution is 7.21. The van der Waals surface area contributed by atoms with Gasteiger partial charge in [-0.05, 0) is 49.7 Å². The second-order valence-electron chi connectivity index (χ2n) is 10.8. The van der Waals surface area contributed by atoms with Crippen molar-refractivity contribution in [3.63, 3.8) is 0 Å². The van der Waals surface area contributed by atoms with Crippen molar-refractivity contribution in [3.8, 4) is 5.06 Å². The molecule has 2 aliphatic rings. The minimum absolute atomic E-state index is 0.0866. The largest absolute Gasteiger partial charge is 0.480 e. The summed E-state index contributed by atoms with van der Waals surface area (Å²) in [6.07, 6.45) is 3.46. The van der Waals surface area contributed by atoms with Gasteiger partial charge in [0, 0.05) is 36.2 Å². The van der Waals surface area contributed by atoms with Gasteiger partial charge in [0.1, 0.15) is 6.10 Å². The summed E-state index contributed by atoms with van der Waals surface area (Å²) in [7, 11) is 0. The van der Waals surface area contributed by atoms with Gasteiger partial charge in [-0.2, -0.15) is 0 Å². The zero-order valence-electron chi connectivity index (χ0n) is 21.6. The standard InChI is InChI=1S/C31H31NO3S2/c1-16(2)19-14-13-17(3)15-22(19)35-31-26(21-10-6-8-12-24(21)37-31)28-27(29(33)32-30(28)34)25-18(4)36-23-11-7-5-9-20(23)25/h5-12,16-17,19,22H,13-15H2,1-4H3,(H,32,33,34). The number of carbonyl (C=O) groups is 2. The van der Waals surface area contributed by atoms with E-state index in [1.54, 1.807) is 22.7 Å². The van der Waals surface area contributed by atoms with Crippen molar-refractivity contribution < 1.29 is 14.3 Å². The SMILES string of the molecule is Cc1sc2ccccc2c1C1=C(c2c(OC3CC(C)CCC3C(C)C)sc3ccccc23)C(=O)NC1=O. The molecule has 1 aliphatic carbocycles. The molecule has 6 heteroatoms. The van der Waals surface area contributed by atoms with Gasteiger partial charge >= 0.3 is 0 Å². The van der Waals surface area contributed by atoms with Gasteiger partial charge in [0.15, 0.2) is 5.06 Å². The third-order valence-electron chi connectivity index (χ3n) is 7.99. The number of rotatable bonds is 5. The first kappa shape index (κ1) is 24.4. The van der Waals surface area contributed by atoms with Crippen LogP contribution in [-0.4, -0.2) is 17.9 Å². The molecule has 37 heavy (non-hydrogen) atoms. The molecule has 1 fully saturated rings. The van der Waals surface area contributed by atoms with Crippen molar-refractivity contribution in [1.82, 2.24) is 5.32 Å². The van der Waals surface area contributed by atoms with Crippen LogP contribution in [0, 0.1) is 24.7 Å². The van der Waals surface area contributed by atoms with E-state index in [2.05, 4.69) is 38.2 Å². The number of fused-ring (bicyclic) bond motifs is 2. The lowest BCUT2D eigenvalue weighted by Crippen LogP contribution is -2.36. The third kappa shape index (κ3) is 4.11. The van der Waals surface area contributed by atoms with E-state index in [-0.39, 0.29) is 17.9 Å². The number of nitrogens with one attached hydrogen (secondary N) is 1. The van der Waals surface area contributed by atoms with Gasteiger partial charge in [-0.15, -0.1) is 11.3 Å². The van der Waals surface area contributed by atoms with Crippen LogP contribution < -0.4 is 10.1 Å². The smallest absolute Gasteiger partial charge is 0.259 e. The molecule has 1 aliphatic heterocycles. The predicted octanol–water partition coefficient (Wildman–Crippen LogP) is 7.83. The molecule has 190 valence electrons. The third-order valence-corrected chi connectivity index (χ3v) is 10.1. The summed E-state index contributed by atoms with van der Waals surface area (Å²) in [5, 5.41) is 5.33. The highest BCUT2D eigenvalue weighted by atomic mass is 32.1. The lowest BCUT2D eigenvalue weighted by Gasteiger charge is -2.37. The van der Waals surface area contributed by atoms with Gasteiger partial charge in [-0.1, -0.05) is 74.9 Å². The number of carbonyl (C=O) groups excluding carboxylic acids is 2. The van der Waals surface area contributed by atoms with Crippen LogP contribution in [0.4, 0.5) is 0 Å². The highest BCUT2D eigenvalue weighted by Gasteiger charge is 2.39. The molecule has 2 aromatic heterocycles. The van der Waals surface area contributed by atoms with Crippen LogP contribution in [0.15, 0.2) is 48.5 Å². The molecular formula is C31H31NO3S2. The Balaban J connectivity index is 1.58. The fraction of sp³-hybridized carbons (Fsp3) is 0.355. The molecule has 3 heterocycles. The van der Waals surface area contributed by atoms with Gasteiger partial charge < -0.3 is 4.74 Å². The summed E-state index contributed by atoms with van der Waals surface area (Å²) in [5.41, 5.74) is 2.51. The summed E-state index contributed by atoms with van der Waals surface area (Å²) < 4.78 is 9.06. The monoisotopic (exact) mass is 529 g/mol. The molecular weight excluding hydrogens is 498 g/mol. The minimum Gasteiger partial charge on any atom is -0.480 e. The number of hydrogen-bond donors (Lipinski definition) is 1.